The minimum atomic E-state index is -0.507. The molecule has 1 unspecified atom stereocenters. The van der Waals surface area contributed by atoms with Crippen LogP contribution in [0, 0.1) is 0 Å². The summed E-state index contributed by atoms with van der Waals surface area (Å²) in [6.07, 6.45) is 0.0607. The highest BCUT2D eigenvalue weighted by Gasteiger charge is 2.15. The van der Waals surface area contributed by atoms with Crippen LogP contribution < -0.4 is 21.9 Å². The molecule has 1 aromatic heterocycles. The zero-order valence-electron chi connectivity index (χ0n) is 10.9. The first kappa shape index (κ1) is 14.3. The van der Waals surface area contributed by atoms with Gasteiger partial charge in [0, 0.05) is 20.1 Å². The van der Waals surface area contributed by atoms with Crippen molar-refractivity contribution in [2.75, 3.05) is 24.2 Å². The summed E-state index contributed by atoms with van der Waals surface area (Å²) >= 11 is 0. The van der Waals surface area contributed by atoms with Gasteiger partial charge in [-0.1, -0.05) is 0 Å². The van der Waals surface area contributed by atoms with Crippen LogP contribution in [0.2, 0.25) is 0 Å². The molecule has 0 aliphatic carbocycles. The molecule has 0 spiro atoms. The molecule has 7 heteroatoms. The van der Waals surface area contributed by atoms with Crippen LogP contribution in [0.1, 0.15) is 20.3 Å². The third-order valence-electron chi connectivity index (χ3n) is 2.79. The van der Waals surface area contributed by atoms with E-state index >= 15 is 0 Å². The molecule has 0 aromatic carbocycles. The van der Waals surface area contributed by atoms with Gasteiger partial charge in [-0.3, -0.25) is 14.3 Å². The molecule has 7 nitrogen and oxygen atoms in total. The molecular weight excluding hydrogens is 236 g/mol. The first-order chi connectivity index (χ1) is 8.38. The van der Waals surface area contributed by atoms with Crippen molar-refractivity contribution >= 4 is 11.5 Å². The Morgan fingerprint density at radius 2 is 2.11 bits per heavy atom. The average Bonchev–Trinajstić information content (AvgIpc) is 2.26. The molecule has 0 fully saturated rings. The van der Waals surface area contributed by atoms with Crippen LogP contribution in [-0.4, -0.2) is 34.4 Å². The van der Waals surface area contributed by atoms with Crippen molar-refractivity contribution < 1.29 is 5.11 Å². The predicted octanol–water partition coefficient (Wildman–Crippen LogP) is -0.654. The minimum Gasteiger partial charge on any atom is -0.393 e. The van der Waals surface area contributed by atoms with Gasteiger partial charge in [0.2, 0.25) is 0 Å². The van der Waals surface area contributed by atoms with Crippen LogP contribution in [0.4, 0.5) is 11.5 Å². The molecule has 4 N–H and O–H groups in total. The predicted molar refractivity (Wildman–Crippen MR) is 71.0 cm³/mol. The van der Waals surface area contributed by atoms with Crippen molar-refractivity contribution in [1.82, 2.24) is 9.55 Å². The molecule has 0 amide bonds. The van der Waals surface area contributed by atoms with Gasteiger partial charge in [0.25, 0.3) is 5.56 Å². The van der Waals surface area contributed by atoms with Crippen LogP contribution >= 0.6 is 0 Å². The summed E-state index contributed by atoms with van der Waals surface area (Å²) in [5.41, 5.74) is 5.09. The number of aromatic amines is 1. The number of nitrogens with two attached hydrogens (primary N) is 1. The Bertz CT molecular complexity index is 518. The average molecular weight is 256 g/mol. The summed E-state index contributed by atoms with van der Waals surface area (Å²) in [6.45, 7) is 4.32. The summed E-state index contributed by atoms with van der Waals surface area (Å²) < 4.78 is 1.30. The number of hydrogen-bond donors (Lipinski definition) is 3. The number of aromatic nitrogens is 2. The first-order valence-corrected chi connectivity index (χ1v) is 5.90. The maximum absolute atomic E-state index is 11.8. The Morgan fingerprint density at radius 1 is 1.50 bits per heavy atom. The molecule has 18 heavy (non-hydrogen) atoms. The van der Waals surface area contributed by atoms with E-state index in [1.165, 1.54) is 4.57 Å². The SMILES string of the molecule is CCn1c(N)c(N(C)CCC(C)O)c(=O)[nH]c1=O. The Balaban J connectivity index is 3.16. The van der Waals surface area contributed by atoms with E-state index in [4.69, 9.17) is 5.73 Å². The van der Waals surface area contributed by atoms with Crippen molar-refractivity contribution in [2.24, 2.45) is 0 Å². The van der Waals surface area contributed by atoms with E-state index in [2.05, 4.69) is 4.98 Å². The first-order valence-electron chi connectivity index (χ1n) is 5.90. The molecule has 0 aliphatic heterocycles. The van der Waals surface area contributed by atoms with Gasteiger partial charge in [0.05, 0.1) is 6.10 Å². The third-order valence-corrected chi connectivity index (χ3v) is 2.79. The van der Waals surface area contributed by atoms with E-state index in [0.29, 0.717) is 19.5 Å². The quantitative estimate of drug-likeness (QED) is 0.649. The Hall–Kier alpha value is -1.76. The van der Waals surface area contributed by atoms with E-state index in [1.54, 1.807) is 25.8 Å². The number of anilines is 2. The summed E-state index contributed by atoms with van der Waals surface area (Å²) in [7, 11) is 1.70. The zero-order chi connectivity index (χ0) is 13.9. The van der Waals surface area contributed by atoms with E-state index in [-0.39, 0.29) is 11.5 Å². The summed E-state index contributed by atoms with van der Waals surface area (Å²) in [5.74, 6) is 0.152. The lowest BCUT2D eigenvalue weighted by Crippen LogP contribution is -2.37. The van der Waals surface area contributed by atoms with E-state index in [9.17, 15) is 14.7 Å². The molecule has 1 aromatic rings. The number of H-pyrrole nitrogens is 1. The second kappa shape index (κ2) is 5.72. The van der Waals surface area contributed by atoms with Crippen LogP contribution in [-0.2, 0) is 6.54 Å². The Kier molecular flexibility index (Phi) is 4.55. The maximum Gasteiger partial charge on any atom is 0.330 e. The highest BCUT2D eigenvalue weighted by atomic mass is 16.3. The van der Waals surface area contributed by atoms with Crippen LogP contribution in [0.5, 0.6) is 0 Å². The van der Waals surface area contributed by atoms with Gasteiger partial charge in [0.1, 0.15) is 11.5 Å². The van der Waals surface area contributed by atoms with Gasteiger partial charge < -0.3 is 15.7 Å². The Labute approximate surface area is 105 Å². The number of nitrogens with zero attached hydrogens (tertiary/aromatic N) is 2. The van der Waals surface area contributed by atoms with Gasteiger partial charge in [0.15, 0.2) is 0 Å². The largest absolute Gasteiger partial charge is 0.393 e. The number of nitrogens with one attached hydrogen (secondary N) is 1. The molecule has 0 aliphatic rings. The number of aliphatic hydroxyl groups is 1. The fourth-order valence-corrected chi connectivity index (χ4v) is 1.75. The fourth-order valence-electron chi connectivity index (χ4n) is 1.75. The highest BCUT2D eigenvalue weighted by Crippen LogP contribution is 2.15. The second-order valence-corrected chi connectivity index (χ2v) is 4.30. The molecular formula is C11H20N4O3. The topological polar surface area (TPSA) is 104 Å². The van der Waals surface area contributed by atoms with E-state index < -0.39 is 17.4 Å². The van der Waals surface area contributed by atoms with E-state index in [0.717, 1.165) is 0 Å². The van der Waals surface area contributed by atoms with E-state index in [1.807, 2.05) is 0 Å². The summed E-state index contributed by atoms with van der Waals surface area (Å²) in [5, 5.41) is 9.23. The molecule has 0 saturated carbocycles. The number of hydrogen-bond acceptors (Lipinski definition) is 5. The van der Waals surface area contributed by atoms with Crippen molar-refractivity contribution in [2.45, 2.75) is 32.9 Å². The smallest absolute Gasteiger partial charge is 0.330 e. The maximum atomic E-state index is 11.8. The van der Waals surface area contributed by atoms with Crippen LogP contribution in [0.25, 0.3) is 0 Å². The molecule has 0 radical (unpaired) electrons. The number of rotatable bonds is 5. The van der Waals surface area contributed by atoms with Gasteiger partial charge in [-0.05, 0) is 20.3 Å². The normalized spacial score (nSPS) is 12.4. The minimum absolute atomic E-state index is 0.152. The molecule has 102 valence electrons. The molecule has 1 atom stereocenters. The summed E-state index contributed by atoms with van der Waals surface area (Å²) in [4.78, 5) is 27.1. The lowest BCUT2D eigenvalue weighted by molar-refractivity contribution is 0.187. The molecule has 0 bridgehead atoms. The molecule has 0 saturated heterocycles. The van der Waals surface area contributed by atoms with Crippen LogP contribution in [0.3, 0.4) is 0 Å². The van der Waals surface area contributed by atoms with Crippen molar-refractivity contribution in [3.8, 4) is 0 Å². The van der Waals surface area contributed by atoms with Crippen molar-refractivity contribution in [1.29, 1.82) is 0 Å². The molecule has 1 heterocycles. The van der Waals surface area contributed by atoms with Crippen molar-refractivity contribution in [3.63, 3.8) is 0 Å². The standard InChI is InChI=1S/C11H20N4O3/c1-4-15-9(12)8(10(17)13-11(15)18)14(3)6-5-7(2)16/h7,16H,4-6,12H2,1-3H3,(H,13,17,18). The number of nitrogen functional groups attached to an aromatic ring is 1. The zero-order valence-corrected chi connectivity index (χ0v) is 10.9. The Morgan fingerprint density at radius 3 is 2.61 bits per heavy atom. The van der Waals surface area contributed by atoms with Crippen molar-refractivity contribution in [3.05, 3.63) is 20.8 Å². The van der Waals surface area contributed by atoms with Gasteiger partial charge in [-0.2, -0.15) is 0 Å². The van der Waals surface area contributed by atoms with Gasteiger partial charge in [-0.15, -0.1) is 0 Å². The number of aliphatic hydroxyl groups excluding tert-OH is 1. The molecule has 1 rings (SSSR count). The lowest BCUT2D eigenvalue weighted by atomic mass is 10.2. The highest BCUT2D eigenvalue weighted by molar-refractivity contribution is 5.61. The van der Waals surface area contributed by atoms with Gasteiger partial charge in [-0.25, -0.2) is 4.79 Å². The van der Waals surface area contributed by atoms with Gasteiger partial charge >= 0.3 is 5.69 Å². The third kappa shape index (κ3) is 2.92. The lowest BCUT2D eigenvalue weighted by Gasteiger charge is -2.21. The fraction of sp³-hybridized carbons (Fsp3) is 0.636. The van der Waals surface area contributed by atoms with Crippen LogP contribution in [0.15, 0.2) is 9.59 Å². The monoisotopic (exact) mass is 256 g/mol. The second-order valence-electron chi connectivity index (χ2n) is 4.30. The summed E-state index contributed by atoms with van der Waals surface area (Å²) in [6, 6.07) is 0.